The molecule has 0 spiro atoms. The van der Waals surface area contributed by atoms with E-state index in [1.54, 1.807) is 19.1 Å². The van der Waals surface area contributed by atoms with Crippen molar-refractivity contribution in [2.75, 3.05) is 20.7 Å². The number of carbonyl (C=O) groups excluding carboxylic acids is 1. The zero-order chi connectivity index (χ0) is 24.3. The number of carbonyl (C=O) groups is 1. The first-order valence-electron chi connectivity index (χ1n) is 11.5. The van der Waals surface area contributed by atoms with Crippen LogP contribution in [0.1, 0.15) is 30.7 Å². The maximum absolute atomic E-state index is 11.2. The second-order valence-corrected chi connectivity index (χ2v) is 8.30. The van der Waals surface area contributed by atoms with Crippen LogP contribution in [0.4, 0.5) is 0 Å². The summed E-state index contributed by atoms with van der Waals surface area (Å²) in [5.41, 5.74) is 5.70. The Morgan fingerprint density at radius 1 is 1.12 bits per heavy atom. The average Bonchev–Trinajstić information content (AvgIpc) is 3.21. The predicted molar refractivity (Wildman–Crippen MR) is 139 cm³/mol. The molecule has 0 saturated heterocycles. The fourth-order valence-electron chi connectivity index (χ4n) is 3.77. The van der Waals surface area contributed by atoms with Crippen LogP contribution in [0, 0.1) is 0 Å². The normalized spacial score (nSPS) is 12.4. The SMILES string of the molecule is C\C=C/C(=C\C=C(/C)OC)Cc1[nH]c2ccc(OCc3ccccc3)cc2c1CCN(C)C=O. The molecule has 1 N–H and O–H groups in total. The minimum atomic E-state index is 0.520. The highest BCUT2D eigenvalue weighted by atomic mass is 16.5. The topological polar surface area (TPSA) is 54.6 Å². The summed E-state index contributed by atoms with van der Waals surface area (Å²) in [5, 5.41) is 1.13. The molecule has 0 saturated carbocycles. The molecule has 0 bridgehead atoms. The van der Waals surface area contributed by atoms with E-state index in [0.717, 1.165) is 58.5 Å². The summed E-state index contributed by atoms with van der Waals surface area (Å²) in [6.45, 7) is 5.11. The van der Waals surface area contributed by atoms with Gasteiger partial charge in [-0.25, -0.2) is 0 Å². The molecule has 3 rings (SSSR count). The molecular formula is C29H34N2O3. The summed E-state index contributed by atoms with van der Waals surface area (Å²) in [6, 6.07) is 16.3. The van der Waals surface area contributed by atoms with Gasteiger partial charge in [0.05, 0.1) is 12.9 Å². The Kier molecular flexibility index (Phi) is 9.15. The van der Waals surface area contributed by atoms with E-state index in [4.69, 9.17) is 9.47 Å². The van der Waals surface area contributed by atoms with Gasteiger partial charge in [0, 0.05) is 36.6 Å². The molecule has 0 radical (unpaired) electrons. The molecule has 0 aliphatic carbocycles. The minimum Gasteiger partial charge on any atom is -0.501 e. The number of hydrogen-bond donors (Lipinski definition) is 1. The quantitative estimate of drug-likeness (QED) is 0.207. The van der Waals surface area contributed by atoms with E-state index in [1.165, 1.54) is 5.56 Å². The molecule has 1 aromatic heterocycles. The Balaban J connectivity index is 1.94. The molecule has 0 atom stereocenters. The van der Waals surface area contributed by atoms with Crippen LogP contribution in [-0.4, -0.2) is 37.0 Å². The number of ether oxygens (including phenoxy) is 2. The summed E-state index contributed by atoms with van der Waals surface area (Å²) in [4.78, 5) is 16.5. The van der Waals surface area contributed by atoms with E-state index in [9.17, 15) is 4.79 Å². The van der Waals surface area contributed by atoms with Crippen molar-refractivity contribution in [2.45, 2.75) is 33.3 Å². The number of amides is 1. The molecule has 1 heterocycles. The van der Waals surface area contributed by atoms with Gasteiger partial charge >= 0.3 is 0 Å². The van der Waals surface area contributed by atoms with Crippen molar-refractivity contribution >= 4 is 17.3 Å². The lowest BCUT2D eigenvalue weighted by Crippen LogP contribution is -2.19. The second-order valence-electron chi connectivity index (χ2n) is 8.30. The van der Waals surface area contributed by atoms with Crippen molar-refractivity contribution in [3.8, 4) is 5.75 Å². The fraction of sp³-hybridized carbons (Fsp3) is 0.276. The molecule has 0 unspecified atom stereocenters. The lowest BCUT2D eigenvalue weighted by molar-refractivity contribution is -0.116. The van der Waals surface area contributed by atoms with Crippen molar-refractivity contribution in [3.63, 3.8) is 0 Å². The smallest absolute Gasteiger partial charge is 0.209 e. The maximum Gasteiger partial charge on any atom is 0.209 e. The molecule has 178 valence electrons. The third-order valence-electron chi connectivity index (χ3n) is 5.72. The van der Waals surface area contributed by atoms with Gasteiger partial charge in [-0.05, 0) is 61.2 Å². The minimum absolute atomic E-state index is 0.520. The Bertz CT molecular complexity index is 1170. The van der Waals surface area contributed by atoms with E-state index in [0.29, 0.717) is 13.2 Å². The summed E-state index contributed by atoms with van der Waals surface area (Å²) < 4.78 is 11.4. The summed E-state index contributed by atoms with van der Waals surface area (Å²) in [7, 11) is 3.48. The number of allylic oxidation sites excluding steroid dienone is 6. The second kappa shape index (κ2) is 12.5. The number of fused-ring (bicyclic) bond motifs is 1. The van der Waals surface area contributed by atoms with E-state index in [1.807, 2.05) is 50.3 Å². The Morgan fingerprint density at radius 2 is 1.91 bits per heavy atom. The average molecular weight is 459 g/mol. The molecule has 34 heavy (non-hydrogen) atoms. The number of hydrogen-bond acceptors (Lipinski definition) is 3. The van der Waals surface area contributed by atoms with E-state index >= 15 is 0 Å². The predicted octanol–water partition coefficient (Wildman–Crippen LogP) is 5.97. The third-order valence-corrected chi connectivity index (χ3v) is 5.72. The largest absolute Gasteiger partial charge is 0.501 e. The number of benzene rings is 2. The lowest BCUT2D eigenvalue weighted by Gasteiger charge is -2.12. The lowest BCUT2D eigenvalue weighted by atomic mass is 10.0. The van der Waals surface area contributed by atoms with Crippen LogP contribution < -0.4 is 4.74 Å². The van der Waals surface area contributed by atoms with Crippen molar-refractivity contribution in [1.29, 1.82) is 0 Å². The Labute approximate surface area is 202 Å². The first kappa shape index (κ1) is 24.9. The van der Waals surface area contributed by atoms with Gasteiger partial charge in [-0.1, -0.05) is 48.6 Å². The van der Waals surface area contributed by atoms with Crippen LogP contribution in [0.25, 0.3) is 10.9 Å². The number of aromatic nitrogens is 1. The Morgan fingerprint density at radius 3 is 2.62 bits per heavy atom. The van der Waals surface area contributed by atoms with Crippen molar-refractivity contribution in [2.24, 2.45) is 0 Å². The number of H-pyrrole nitrogens is 1. The van der Waals surface area contributed by atoms with Gasteiger partial charge in [-0.15, -0.1) is 0 Å². The summed E-state index contributed by atoms with van der Waals surface area (Å²) >= 11 is 0. The summed E-state index contributed by atoms with van der Waals surface area (Å²) in [6.07, 6.45) is 10.6. The first-order chi connectivity index (χ1) is 16.5. The van der Waals surface area contributed by atoms with Gasteiger partial charge in [-0.2, -0.15) is 0 Å². The van der Waals surface area contributed by atoms with Crippen LogP contribution in [-0.2, 0) is 29.0 Å². The van der Waals surface area contributed by atoms with Crippen LogP contribution in [0.15, 0.2) is 84.2 Å². The molecule has 1 amide bonds. The van der Waals surface area contributed by atoms with Gasteiger partial charge < -0.3 is 19.4 Å². The van der Waals surface area contributed by atoms with Gasteiger partial charge in [0.2, 0.25) is 6.41 Å². The van der Waals surface area contributed by atoms with Crippen LogP contribution >= 0.6 is 0 Å². The molecule has 0 aliphatic rings. The summed E-state index contributed by atoms with van der Waals surface area (Å²) in [5.74, 6) is 1.68. The van der Waals surface area contributed by atoms with Crippen LogP contribution in [0.3, 0.4) is 0 Å². The van der Waals surface area contributed by atoms with Crippen LogP contribution in [0.5, 0.6) is 5.75 Å². The van der Waals surface area contributed by atoms with E-state index in [-0.39, 0.29) is 0 Å². The molecule has 3 aromatic rings. The highest BCUT2D eigenvalue weighted by Gasteiger charge is 2.14. The number of methoxy groups -OCH3 is 1. The van der Waals surface area contributed by atoms with Crippen LogP contribution in [0.2, 0.25) is 0 Å². The van der Waals surface area contributed by atoms with Crippen molar-refractivity contribution in [1.82, 2.24) is 9.88 Å². The van der Waals surface area contributed by atoms with Gasteiger partial charge in [0.25, 0.3) is 0 Å². The molecule has 5 heteroatoms. The van der Waals surface area contributed by atoms with E-state index in [2.05, 4.69) is 41.4 Å². The monoisotopic (exact) mass is 458 g/mol. The number of nitrogens with zero attached hydrogens (tertiary/aromatic N) is 1. The Hall–Kier alpha value is -3.73. The molecule has 5 nitrogen and oxygen atoms in total. The first-order valence-corrected chi connectivity index (χ1v) is 11.5. The highest BCUT2D eigenvalue weighted by molar-refractivity contribution is 5.86. The zero-order valence-electron chi connectivity index (χ0n) is 20.5. The molecule has 2 aromatic carbocycles. The third kappa shape index (κ3) is 6.88. The number of aromatic amines is 1. The van der Waals surface area contributed by atoms with Gasteiger partial charge in [0.15, 0.2) is 0 Å². The molecule has 0 fully saturated rings. The van der Waals surface area contributed by atoms with Gasteiger partial charge in [-0.3, -0.25) is 4.79 Å². The maximum atomic E-state index is 11.2. The van der Waals surface area contributed by atoms with Gasteiger partial charge in [0.1, 0.15) is 12.4 Å². The van der Waals surface area contributed by atoms with E-state index < -0.39 is 0 Å². The zero-order valence-corrected chi connectivity index (χ0v) is 20.5. The van der Waals surface area contributed by atoms with Crippen molar-refractivity contribution < 1.29 is 14.3 Å². The molecular weight excluding hydrogens is 424 g/mol. The highest BCUT2D eigenvalue weighted by Crippen LogP contribution is 2.29. The van der Waals surface area contributed by atoms with Crippen molar-refractivity contribution in [3.05, 3.63) is 101 Å². The number of likely N-dealkylation sites (N-methyl/N-ethyl adjacent to an activating group) is 1. The number of nitrogens with one attached hydrogen (secondary N) is 1. The fourth-order valence-corrected chi connectivity index (χ4v) is 3.77. The molecule has 0 aliphatic heterocycles. The number of rotatable bonds is 12. The standard InChI is InChI=1S/C29H34N2O3/c1-5-9-23(13-12-22(2)33-4)18-29-26(16-17-31(3)21-32)27-19-25(14-15-28(27)30-29)34-20-24-10-7-6-8-11-24/h5-15,19,21,30H,16-18,20H2,1-4H3/b9-5-,22-12+,23-13+.